The summed E-state index contributed by atoms with van der Waals surface area (Å²) >= 11 is 11.9. The highest BCUT2D eigenvalue weighted by molar-refractivity contribution is 6.36. The van der Waals surface area contributed by atoms with E-state index in [2.05, 4.69) is 4.98 Å². The molecule has 6 heteroatoms. The lowest BCUT2D eigenvalue weighted by molar-refractivity contribution is 0.0687. The summed E-state index contributed by atoms with van der Waals surface area (Å²) in [4.78, 5) is 15.7. The normalized spacial score (nSPS) is 12.9. The number of carboxylic acid groups (broad SMARTS) is 1. The molecule has 18 heavy (non-hydrogen) atoms. The van der Waals surface area contributed by atoms with Gasteiger partial charge in [-0.05, 0) is 12.5 Å². The Hall–Kier alpha value is -1.26. The molecule has 0 saturated heterocycles. The Morgan fingerprint density at radius 1 is 1.56 bits per heavy atom. The molecule has 2 rings (SSSR count). The van der Waals surface area contributed by atoms with Gasteiger partial charge >= 0.3 is 5.97 Å². The van der Waals surface area contributed by atoms with Gasteiger partial charge in [-0.25, -0.2) is 9.78 Å². The van der Waals surface area contributed by atoms with Gasteiger partial charge in [-0.2, -0.15) is 0 Å². The van der Waals surface area contributed by atoms with E-state index in [1.807, 2.05) is 13.8 Å². The minimum absolute atomic E-state index is 0.0471. The van der Waals surface area contributed by atoms with Gasteiger partial charge in [0, 0.05) is 12.1 Å². The van der Waals surface area contributed by atoms with Gasteiger partial charge in [0.05, 0.1) is 15.7 Å². The molecule has 2 heterocycles. The lowest BCUT2D eigenvalue weighted by atomic mass is 10.0. The number of aromatic nitrogens is 2. The van der Waals surface area contributed by atoms with Crippen LogP contribution in [-0.2, 0) is 0 Å². The van der Waals surface area contributed by atoms with Crippen LogP contribution in [0.2, 0.25) is 10.0 Å². The molecule has 0 aliphatic carbocycles. The van der Waals surface area contributed by atoms with Crippen molar-refractivity contribution < 1.29 is 9.90 Å². The van der Waals surface area contributed by atoms with Crippen LogP contribution in [-0.4, -0.2) is 20.5 Å². The highest BCUT2D eigenvalue weighted by Crippen LogP contribution is 2.28. The van der Waals surface area contributed by atoms with E-state index < -0.39 is 5.97 Å². The first kappa shape index (κ1) is 13.2. The van der Waals surface area contributed by atoms with E-state index in [9.17, 15) is 9.90 Å². The molecule has 1 atom stereocenters. The van der Waals surface area contributed by atoms with E-state index in [0.717, 1.165) is 6.42 Å². The van der Waals surface area contributed by atoms with Gasteiger partial charge in [0.2, 0.25) is 0 Å². The second kappa shape index (κ2) is 4.78. The molecule has 2 aromatic heterocycles. The summed E-state index contributed by atoms with van der Waals surface area (Å²) in [6, 6.07) is 1.55. The quantitative estimate of drug-likeness (QED) is 0.932. The van der Waals surface area contributed by atoms with Crippen LogP contribution in [0.5, 0.6) is 0 Å². The number of imidazole rings is 1. The Morgan fingerprint density at radius 3 is 2.78 bits per heavy atom. The zero-order valence-electron chi connectivity index (χ0n) is 9.94. The third kappa shape index (κ3) is 2.06. The van der Waals surface area contributed by atoms with Crippen molar-refractivity contribution in [1.29, 1.82) is 0 Å². The predicted octanol–water partition coefficient (Wildman–Crippen LogP) is 3.85. The van der Waals surface area contributed by atoms with E-state index >= 15 is 0 Å². The minimum Gasteiger partial charge on any atom is -0.477 e. The van der Waals surface area contributed by atoms with Crippen molar-refractivity contribution in [2.45, 2.75) is 26.2 Å². The minimum atomic E-state index is -1.03. The van der Waals surface area contributed by atoms with Crippen molar-refractivity contribution in [2.75, 3.05) is 0 Å². The number of fused-ring (bicyclic) bond motifs is 1. The number of carboxylic acids is 1. The predicted molar refractivity (Wildman–Crippen MR) is 70.9 cm³/mol. The second-order valence-corrected chi connectivity index (χ2v) is 5.00. The molecule has 0 aliphatic rings. The van der Waals surface area contributed by atoms with E-state index in [1.165, 1.54) is 10.6 Å². The third-order valence-corrected chi connectivity index (χ3v) is 3.44. The maximum atomic E-state index is 11.4. The first-order valence-electron chi connectivity index (χ1n) is 5.56. The Kier molecular flexibility index (Phi) is 3.50. The zero-order chi connectivity index (χ0) is 13.4. The standard InChI is InChI=1S/C12H12Cl2N2O2/c1-3-6(2)9-10(12(17)18)16-5-7(13)4-8(14)11(16)15-9/h4-6H,3H2,1-2H3,(H,17,18). The maximum Gasteiger partial charge on any atom is 0.354 e. The van der Waals surface area contributed by atoms with Crippen molar-refractivity contribution in [3.05, 3.63) is 33.7 Å². The van der Waals surface area contributed by atoms with Crippen LogP contribution in [0.4, 0.5) is 0 Å². The SMILES string of the molecule is CCC(C)c1nc2c(Cl)cc(Cl)cn2c1C(=O)O. The summed E-state index contributed by atoms with van der Waals surface area (Å²) in [6.45, 7) is 3.92. The van der Waals surface area contributed by atoms with Crippen molar-refractivity contribution in [3.8, 4) is 0 Å². The van der Waals surface area contributed by atoms with Crippen molar-refractivity contribution in [2.24, 2.45) is 0 Å². The molecular formula is C12H12Cl2N2O2. The number of pyridine rings is 1. The fraction of sp³-hybridized carbons (Fsp3) is 0.333. The number of hydrogen-bond donors (Lipinski definition) is 1. The molecule has 1 unspecified atom stereocenters. The number of aromatic carboxylic acids is 1. The summed E-state index contributed by atoms with van der Waals surface area (Å²) < 4.78 is 1.44. The molecule has 0 aliphatic heterocycles. The fourth-order valence-corrected chi connectivity index (χ4v) is 2.35. The molecule has 0 fully saturated rings. The van der Waals surface area contributed by atoms with Crippen LogP contribution in [0.1, 0.15) is 42.4 Å². The molecule has 0 bridgehead atoms. The molecule has 0 saturated carbocycles. The lowest BCUT2D eigenvalue weighted by Gasteiger charge is -2.06. The average Bonchev–Trinajstić information content (AvgIpc) is 2.67. The summed E-state index contributed by atoms with van der Waals surface area (Å²) in [5.41, 5.74) is 1.09. The molecule has 96 valence electrons. The summed E-state index contributed by atoms with van der Waals surface area (Å²) in [5.74, 6) is -0.984. The number of carbonyl (C=O) groups is 1. The molecule has 0 aromatic carbocycles. The van der Waals surface area contributed by atoms with Crippen molar-refractivity contribution in [3.63, 3.8) is 0 Å². The van der Waals surface area contributed by atoms with Gasteiger partial charge in [-0.1, -0.05) is 37.0 Å². The number of hydrogen-bond acceptors (Lipinski definition) is 2. The fourth-order valence-electron chi connectivity index (χ4n) is 1.84. The van der Waals surface area contributed by atoms with E-state index in [0.29, 0.717) is 21.4 Å². The monoisotopic (exact) mass is 286 g/mol. The summed E-state index contributed by atoms with van der Waals surface area (Å²) in [6.07, 6.45) is 2.32. The largest absolute Gasteiger partial charge is 0.477 e. The number of halogens is 2. The first-order chi connectivity index (χ1) is 8.45. The van der Waals surface area contributed by atoms with Crippen LogP contribution in [0.25, 0.3) is 5.65 Å². The van der Waals surface area contributed by atoms with Gasteiger partial charge in [-0.15, -0.1) is 0 Å². The summed E-state index contributed by atoms with van der Waals surface area (Å²) in [7, 11) is 0. The molecule has 4 nitrogen and oxygen atoms in total. The van der Waals surface area contributed by atoms with Gasteiger partial charge in [-0.3, -0.25) is 4.40 Å². The molecule has 2 aromatic rings. The second-order valence-electron chi connectivity index (χ2n) is 4.16. The highest BCUT2D eigenvalue weighted by atomic mass is 35.5. The van der Waals surface area contributed by atoms with Crippen LogP contribution in [0, 0.1) is 0 Å². The van der Waals surface area contributed by atoms with Crippen LogP contribution in [0.15, 0.2) is 12.3 Å². The average molecular weight is 287 g/mol. The first-order valence-corrected chi connectivity index (χ1v) is 6.31. The van der Waals surface area contributed by atoms with Gasteiger partial charge in [0.25, 0.3) is 0 Å². The smallest absolute Gasteiger partial charge is 0.354 e. The van der Waals surface area contributed by atoms with Crippen molar-refractivity contribution in [1.82, 2.24) is 9.38 Å². The van der Waals surface area contributed by atoms with Gasteiger partial charge in [0.1, 0.15) is 0 Å². The van der Waals surface area contributed by atoms with Crippen LogP contribution >= 0.6 is 23.2 Å². The Morgan fingerprint density at radius 2 is 2.22 bits per heavy atom. The van der Waals surface area contributed by atoms with Crippen molar-refractivity contribution >= 4 is 34.8 Å². The summed E-state index contributed by atoms with van der Waals surface area (Å²) in [5, 5.41) is 10.1. The highest BCUT2D eigenvalue weighted by Gasteiger charge is 2.23. The topological polar surface area (TPSA) is 54.6 Å². The molecule has 0 amide bonds. The third-order valence-electron chi connectivity index (χ3n) is 2.95. The zero-order valence-corrected chi connectivity index (χ0v) is 11.5. The van der Waals surface area contributed by atoms with Crippen LogP contribution < -0.4 is 0 Å². The van der Waals surface area contributed by atoms with E-state index in [-0.39, 0.29) is 11.6 Å². The van der Waals surface area contributed by atoms with E-state index in [4.69, 9.17) is 23.2 Å². The number of nitrogens with zero attached hydrogens (tertiary/aromatic N) is 2. The number of rotatable bonds is 3. The molecule has 1 N–H and O–H groups in total. The Bertz CT molecular complexity index is 622. The van der Waals surface area contributed by atoms with E-state index in [1.54, 1.807) is 6.07 Å². The lowest BCUT2D eigenvalue weighted by Crippen LogP contribution is -2.07. The van der Waals surface area contributed by atoms with Crippen LogP contribution in [0.3, 0.4) is 0 Å². The Balaban J connectivity index is 2.84. The van der Waals surface area contributed by atoms with Gasteiger partial charge in [0.15, 0.2) is 11.3 Å². The molecule has 0 radical (unpaired) electrons. The van der Waals surface area contributed by atoms with Gasteiger partial charge < -0.3 is 5.11 Å². The molecular weight excluding hydrogens is 275 g/mol. The molecule has 0 spiro atoms. The Labute approximate surface area is 114 Å². The maximum absolute atomic E-state index is 11.4.